The minimum atomic E-state index is -0.380. The quantitative estimate of drug-likeness (QED) is 0.807. The summed E-state index contributed by atoms with van der Waals surface area (Å²) in [6, 6.07) is 12.6. The summed E-state index contributed by atoms with van der Waals surface area (Å²) in [5.41, 5.74) is 6.56. The topological polar surface area (TPSA) is 35.2 Å². The Morgan fingerprint density at radius 1 is 1.30 bits per heavy atom. The lowest BCUT2D eigenvalue weighted by Gasteiger charge is -2.14. The molecule has 0 heterocycles. The molecule has 0 radical (unpaired) electrons. The van der Waals surface area contributed by atoms with Crippen molar-refractivity contribution in [3.05, 3.63) is 58.3 Å². The van der Waals surface area contributed by atoms with Crippen molar-refractivity contribution in [2.45, 2.75) is 10.9 Å². The first-order chi connectivity index (χ1) is 9.61. The van der Waals surface area contributed by atoms with Gasteiger partial charge < -0.3 is 10.5 Å². The Hall–Kier alpha value is -1.04. The van der Waals surface area contributed by atoms with E-state index in [1.54, 1.807) is 30.0 Å². The van der Waals surface area contributed by atoms with Crippen LogP contribution in [0.1, 0.15) is 11.6 Å². The summed E-state index contributed by atoms with van der Waals surface area (Å²) in [5.74, 6) is 0.448. The fraction of sp³-hybridized carbons (Fsp3) is 0.200. The molecule has 0 aliphatic rings. The highest BCUT2D eigenvalue weighted by atomic mass is 79.9. The number of hydrogen-bond donors (Lipinski definition) is 1. The largest absolute Gasteiger partial charge is 0.494 e. The van der Waals surface area contributed by atoms with Gasteiger partial charge in [0.1, 0.15) is 0 Å². The van der Waals surface area contributed by atoms with Gasteiger partial charge in [-0.1, -0.05) is 34.1 Å². The molecular weight excluding hydrogens is 341 g/mol. The molecular formula is C15H15BrFNOS. The van der Waals surface area contributed by atoms with Gasteiger partial charge in [0.2, 0.25) is 0 Å². The Balaban J connectivity index is 2.07. The van der Waals surface area contributed by atoms with E-state index >= 15 is 0 Å². The van der Waals surface area contributed by atoms with Crippen molar-refractivity contribution >= 4 is 27.7 Å². The molecule has 2 N–H and O–H groups in total. The van der Waals surface area contributed by atoms with Gasteiger partial charge in [-0.25, -0.2) is 4.39 Å². The molecule has 0 spiro atoms. The summed E-state index contributed by atoms with van der Waals surface area (Å²) in [6.07, 6.45) is 0. The number of halogens is 2. The van der Waals surface area contributed by atoms with E-state index in [-0.39, 0.29) is 17.6 Å². The van der Waals surface area contributed by atoms with E-state index in [0.717, 1.165) is 9.37 Å². The van der Waals surface area contributed by atoms with Crippen LogP contribution in [0.4, 0.5) is 4.39 Å². The number of nitrogens with two attached hydrogens (primary N) is 1. The minimum Gasteiger partial charge on any atom is -0.494 e. The number of methoxy groups -OCH3 is 1. The first-order valence-electron chi connectivity index (χ1n) is 6.08. The minimum absolute atomic E-state index is 0.227. The van der Waals surface area contributed by atoms with Crippen LogP contribution in [0, 0.1) is 5.82 Å². The van der Waals surface area contributed by atoms with Gasteiger partial charge in [-0.15, -0.1) is 11.8 Å². The van der Waals surface area contributed by atoms with Crippen molar-refractivity contribution in [1.82, 2.24) is 0 Å². The van der Waals surface area contributed by atoms with Crippen molar-refractivity contribution < 1.29 is 9.13 Å². The Kier molecular flexibility index (Phi) is 5.46. The van der Waals surface area contributed by atoms with Crippen molar-refractivity contribution in [3.8, 4) is 5.75 Å². The van der Waals surface area contributed by atoms with E-state index in [2.05, 4.69) is 15.9 Å². The third-order valence-corrected chi connectivity index (χ3v) is 4.44. The maximum absolute atomic E-state index is 14.1. The number of thioether (sulfide) groups is 1. The molecule has 2 aromatic carbocycles. The fourth-order valence-corrected chi connectivity index (χ4v) is 3.29. The van der Waals surface area contributed by atoms with E-state index in [1.807, 2.05) is 24.3 Å². The van der Waals surface area contributed by atoms with Crippen LogP contribution in [0.25, 0.3) is 0 Å². The molecule has 106 valence electrons. The average Bonchev–Trinajstić information content (AvgIpc) is 2.45. The first kappa shape index (κ1) is 15.4. The van der Waals surface area contributed by atoms with Crippen molar-refractivity contribution in [1.29, 1.82) is 0 Å². The standard InChI is InChI=1S/C15H15BrFNOS/c1-19-14-7-3-6-12(15(14)17)13(18)9-20-11-5-2-4-10(16)8-11/h2-8,13H,9,18H2,1H3. The zero-order valence-corrected chi connectivity index (χ0v) is 13.4. The van der Waals surface area contributed by atoms with Crippen LogP contribution in [0.15, 0.2) is 51.8 Å². The normalized spacial score (nSPS) is 12.2. The molecule has 1 atom stereocenters. The van der Waals surface area contributed by atoms with Gasteiger partial charge >= 0.3 is 0 Å². The second-order valence-corrected chi connectivity index (χ2v) is 6.25. The molecule has 0 aliphatic heterocycles. The molecule has 2 nitrogen and oxygen atoms in total. The highest BCUT2D eigenvalue weighted by Crippen LogP contribution is 2.29. The van der Waals surface area contributed by atoms with Gasteiger partial charge in [-0.2, -0.15) is 0 Å². The zero-order chi connectivity index (χ0) is 14.5. The summed E-state index contributed by atoms with van der Waals surface area (Å²) >= 11 is 5.02. The van der Waals surface area contributed by atoms with Crippen molar-refractivity contribution in [2.75, 3.05) is 12.9 Å². The second-order valence-electron chi connectivity index (χ2n) is 4.24. The highest BCUT2D eigenvalue weighted by molar-refractivity contribution is 9.10. The van der Waals surface area contributed by atoms with E-state index in [1.165, 1.54) is 7.11 Å². The molecule has 0 amide bonds. The summed E-state index contributed by atoms with van der Waals surface area (Å²) in [4.78, 5) is 1.10. The van der Waals surface area contributed by atoms with Gasteiger partial charge in [0, 0.05) is 26.7 Å². The molecule has 0 fully saturated rings. The van der Waals surface area contributed by atoms with Crippen LogP contribution in [0.5, 0.6) is 5.75 Å². The van der Waals surface area contributed by atoms with Gasteiger partial charge in [0.25, 0.3) is 0 Å². The molecule has 2 rings (SSSR count). The predicted octanol–water partition coefficient (Wildman–Crippen LogP) is 4.39. The second kappa shape index (κ2) is 7.11. The molecule has 2 aromatic rings. The van der Waals surface area contributed by atoms with Gasteiger partial charge in [-0.05, 0) is 24.3 Å². The molecule has 0 aliphatic carbocycles. The van der Waals surface area contributed by atoms with Crippen molar-refractivity contribution in [2.24, 2.45) is 5.73 Å². The smallest absolute Gasteiger partial charge is 0.169 e. The lowest BCUT2D eigenvalue weighted by atomic mass is 10.1. The summed E-state index contributed by atoms with van der Waals surface area (Å²) in [7, 11) is 1.45. The molecule has 0 bridgehead atoms. The summed E-state index contributed by atoms with van der Waals surface area (Å²) in [6.45, 7) is 0. The molecule has 1 unspecified atom stereocenters. The van der Waals surface area contributed by atoms with Crippen LogP contribution < -0.4 is 10.5 Å². The molecule has 0 saturated heterocycles. The van der Waals surface area contributed by atoms with E-state index in [9.17, 15) is 4.39 Å². The summed E-state index contributed by atoms with van der Waals surface area (Å²) < 4.78 is 20.1. The van der Waals surface area contributed by atoms with Crippen LogP contribution >= 0.6 is 27.7 Å². The van der Waals surface area contributed by atoms with Crippen LogP contribution in [0.3, 0.4) is 0 Å². The van der Waals surface area contributed by atoms with E-state index in [0.29, 0.717) is 11.3 Å². The van der Waals surface area contributed by atoms with Crippen LogP contribution in [-0.4, -0.2) is 12.9 Å². The number of benzene rings is 2. The maximum atomic E-state index is 14.1. The third kappa shape index (κ3) is 3.75. The Bertz CT molecular complexity index is 594. The lowest BCUT2D eigenvalue weighted by Crippen LogP contribution is -2.15. The maximum Gasteiger partial charge on any atom is 0.169 e. The van der Waals surface area contributed by atoms with Gasteiger partial charge in [0.15, 0.2) is 11.6 Å². The molecule has 0 aromatic heterocycles. The summed E-state index contributed by atoms with van der Waals surface area (Å²) in [5, 5.41) is 0. The Morgan fingerprint density at radius 3 is 2.75 bits per heavy atom. The lowest BCUT2D eigenvalue weighted by molar-refractivity contribution is 0.383. The first-order valence-corrected chi connectivity index (χ1v) is 7.86. The molecule has 5 heteroatoms. The third-order valence-electron chi connectivity index (χ3n) is 2.84. The highest BCUT2D eigenvalue weighted by Gasteiger charge is 2.15. The Morgan fingerprint density at radius 2 is 2.05 bits per heavy atom. The fourth-order valence-electron chi connectivity index (χ4n) is 1.80. The Labute approximate surface area is 130 Å². The van der Waals surface area contributed by atoms with E-state index in [4.69, 9.17) is 10.5 Å². The van der Waals surface area contributed by atoms with Gasteiger partial charge in [-0.3, -0.25) is 0 Å². The predicted molar refractivity (Wildman–Crippen MR) is 84.7 cm³/mol. The van der Waals surface area contributed by atoms with Crippen LogP contribution in [-0.2, 0) is 0 Å². The number of rotatable bonds is 5. The monoisotopic (exact) mass is 355 g/mol. The average molecular weight is 356 g/mol. The van der Waals surface area contributed by atoms with Gasteiger partial charge in [0.05, 0.1) is 7.11 Å². The van der Waals surface area contributed by atoms with E-state index < -0.39 is 0 Å². The zero-order valence-electron chi connectivity index (χ0n) is 11.0. The molecule has 0 saturated carbocycles. The van der Waals surface area contributed by atoms with Crippen molar-refractivity contribution in [3.63, 3.8) is 0 Å². The van der Waals surface area contributed by atoms with Crippen LogP contribution in [0.2, 0.25) is 0 Å². The number of ether oxygens (including phenoxy) is 1. The molecule has 20 heavy (non-hydrogen) atoms. The number of hydrogen-bond acceptors (Lipinski definition) is 3. The SMILES string of the molecule is COc1cccc(C(N)CSc2cccc(Br)c2)c1F.